The van der Waals surface area contributed by atoms with Crippen molar-refractivity contribution >= 4 is 21.4 Å². The topological polar surface area (TPSA) is 47.3 Å². The largest absolute Gasteiger partial charge is 0.493 e. The third kappa shape index (κ3) is 2.22. The van der Waals surface area contributed by atoms with Crippen LogP contribution in [0.3, 0.4) is 0 Å². The summed E-state index contributed by atoms with van der Waals surface area (Å²) < 4.78 is 8.31. The average Bonchev–Trinajstić information content (AvgIpc) is 3.10. The second kappa shape index (κ2) is 5.16. The highest BCUT2D eigenvalue weighted by atomic mass is 32.1. The normalized spacial score (nSPS) is 14.3. The summed E-state index contributed by atoms with van der Waals surface area (Å²) in [4.78, 5) is 0.886. The molecular formula is C16H18N2O2S. The van der Waals surface area contributed by atoms with Crippen LogP contribution in [0.25, 0.3) is 10.1 Å². The number of aromatic nitrogens is 2. The van der Waals surface area contributed by atoms with E-state index in [0.29, 0.717) is 18.0 Å². The van der Waals surface area contributed by atoms with Gasteiger partial charge < -0.3 is 9.84 Å². The average molecular weight is 302 g/mol. The maximum atomic E-state index is 11.1. The molecule has 0 radical (unpaired) electrons. The molecule has 0 saturated heterocycles. The van der Waals surface area contributed by atoms with Crippen LogP contribution in [0.2, 0.25) is 0 Å². The number of rotatable bonds is 4. The lowest BCUT2D eigenvalue weighted by molar-refractivity contribution is 0.0924. The van der Waals surface area contributed by atoms with Crippen LogP contribution in [0.4, 0.5) is 0 Å². The monoisotopic (exact) mass is 302 g/mol. The Balaban J connectivity index is 2.17. The van der Waals surface area contributed by atoms with E-state index in [9.17, 15) is 5.11 Å². The van der Waals surface area contributed by atoms with E-state index < -0.39 is 5.60 Å². The molecule has 3 aromatic rings. The van der Waals surface area contributed by atoms with Gasteiger partial charge in [0.1, 0.15) is 11.3 Å². The van der Waals surface area contributed by atoms with Gasteiger partial charge in [0.15, 0.2) is 5.75 Å². The van der Waals surface area contributed by atoms with Gasteiger partial charge in [-0.05, 0) is 31.4 Å². The number of hydrogen-bond acceptors (Lipinski definition) is 4. The van der Waals surface area contributed by atoms with Crippen molar-refractivity contribution in [3.8, 4) is 5.75 Å². The molecule has 1 atom stereocenters. The van der Waals surface area contributed by atoms with Gasteiger partial charge in [0.25, 0.3) is 0 Å². The van der Waals surface area contributed by atoms with Gasteiger partial charge in [-0.3, -0.25) is 4.68 Å². The summed E-state index contributed by atoms with van der Waals surface area (Å²) in [5.41, 5.74) is -0.444. The number of aliphatic hydroxyl groups is 1. The highest BCUT2D eigenvalue weighted by molar-refractivity contribution is 7.19. The van der Waals surface area contributed by atoms with E-state index in [1.54, 1.807) is 36.2 Å². The fraction of sp³-hybridized carbons (Fsp3) is 0.312. The zero-order chi connectivity index (χ0) is 15.0. The van der Waals surface area contributed by atoms with Crippen molar-refractivity contribution in [2.75, 3.05) is 7.11 Å². The van der Waals surface area contributed by atoms with Crippen molar-refractivity contribution in [2.45, 2.75) is 26.0 Å². The third-order valence-corrected chi connectivity index (χ3v) is 5.02. The molecule has 2 heterocycles. The van der Waals surface area contributed by atoms with Crippen molar-refractivity contribution in [3.63, 3.8) is 0 Å². The Kier molecular flexibility index (Phi) is 3.47. The van der Waals surface area contributed by atoms with Crippen LogP contribution in [-0.4, -0.2) is 22.0 Å². The number of nitrogens with zero attached hydrogens (tertiary/aromatic N) is 2. The van der Waals surface area contributed by atoms with E-state index >= 15 is 0 Å². The number of hydrogen-bond donors (Lipinski definition) is 1. The minimum absolute atomic E-state index is 0.610. The van der Waals surface area contributed by atoms with Crippen LogP contribution in [-0.2, 0) is 12.1 Å². The molecule has 0 aliphatic rings. The molecule has 21 heavy (non-hydrogen) atoms. The van der Waals surface area contributed by atoms with Crippen molar-refractivity contribution in [2.24, 2.45) is 0 Å². The minimum Gasteiger partial charge on any atom is -0.493 e. The predicted molar refractivity (Wildman–Crippen MR) is 85.0 cm³/mol. The molecule has 1 N–H and O–H groups in total. The highest BCUT2D eigenvalue weighted by Gasteiger charge is 2.34. The molecular weight excluding hydrogens is 284 g/mol. The first-order valence-electron chi connectivity index (χ1n) is 6.89. The first kappa shape index (κ1) is 14.1. The summed E-state index contributed by atoms with van der Waals surface area (Å²) in [7, 11) is 1.60. The zero-order valence-corrected chi connectivity index (χ0v) is 13.1. The van der Waals surface area contributed by atoms with E-state index in [4.69, 9.17) is 4.74 Å². The summed E-state index contributed by atoms with van der Waals surface area (Å²) in [6.45, 7) is 4.47. The van der Waals surface area contributed by atoms with E-state index in [1.807, 2.05) is 25.1 Å². The molecule has 1 aromatic carbocycles. The number of methoxy groups -OCH3 is 1. The molecule has 0 aliphatic heterocycles. The summed E-state index contributed by atoms with van der Waals surface area (Å²) in [5, 5.41) is 16.6. The van der Waals surface area contributed by atoms with Crippen LogP contribution in [0.15, 0.2) is 36.5 Å². The first-order valence-corrected chi connectivity index (χ1v) is 7.71. The number of benzene rings is 1. The molecule has 0 saturated carbocycles. The lowest BCUT2D eigenvalue weighted by Gasteiger charge is -2.24. The van der Waals surface area contributed by atoms with E-state index in [0.717, 1.165) is 15.0 Å². The van der Waals surface area contributed by atoms with Crippen molar-refractivity contribution in [1.29, 1.82) is 0 Å². The number of fused-ring (bicyclic) bond motifs is 1. The molecule has 5 heteroatoms. The van der Waals surface area contributed by atoms with Gasteiger partial charge in [-0.25, -0.2) is 0 Å². The molecule has 1 unspecified atom stereocenters. The lowest BCUT2D eigenvalue weighted by atomic mass is 9.99. The maximum Gasteiger partial charge on any atom is 0.163 e. The molecule has 3 rings (SSSR count). The van der Waals surface area contributed by atoms with Gasteiger partial charge in [0.2, 0.25) is 0 Å². The van der Waals surface area contributed by atoms with Gasteiger partial charge in [-0.2, -0.15) is 5.10 Å². The van der Waals surface area contributed by atoms with Crippen LogP contribution in [0.5, 0.6) is 5.75 Å². The Morgan fingerprint density at radius 1 is 1.38 bits per heavy atom. The molecule has 0 aliphatic carbocycles. The number of thiophene rings is 1. The highest BCUT2D eigenvalue weighted by Crippen LogP contribution is 2.40. The van der Waals surface area contributed by atoms with Gasteiger partial charge in [-0.15, -0.1) is 11.3 Å². The van der Waals surface area contributed by atoms with Gasteiger partial charge in [0.05, 0.1) is 13.3 Å². The fourth-order valence-corrected chi connectivity index (χ4v) is 3.70. The molecule has 0 fully saturated rings. The quantitative estimate of drug-likeness (QED) is 0.803. The Labute approximate surface area is 127 Å². The zero-order valence-electron chi connectivity index (χ0n) is 12.3. The van der Waals surface area contributed by atoms with Crippen LogP contribution < -0.4 is 4.74 Å². The van der Waals surface area contributed by atoms with Crippen molar-refractivity contribution in [1.82, 2.24) is 9.78 Å². The third-order valence-electron chi connectivity index (χ3n) is 3.69. The summed E-state index contributed by atoms with van der Waals surface area (Å²) in [5.74, 6) is 0.610. The Morgan fingerprint density at radius 2 is 2.14 bits per heavy atom. The summed E-state index contributed by atoms with van der Waals surface area (Å²) in [6.07, 6.45) is 1.65. The molecule has 0 bridgehead atoms. The molecule has 0 spiro atoms. The van der Waals surface area contributed by atoms with E-state index in [-0.39, 0.29) is 0 Å². The number of ether oxygens (including phenoxy) is 1. The van der Waals surface area contributed by atoms with Gasteiger partial charge >= 0.3 is 0 Å². The van der Waals surface area contributed by atoms with Crippen molar-refractivity contribution in [3.05, 3.63) is 47.1 Å². The SMILES string of the molecule is CCn1ncc(OC)c1C(C)(O)c1cc2ccccc2s1. The summed E-state index contributed by atoms with van der Waals surface area (Å²) >= 11 is 1.59. The smallest absolute Gasteiger partial charge is 0.163 e. The fourth-order valence-electron chi connectivity index (χ4n) is 2.59. The lowest BCUT2D eigenvalue weighted by Crippen LogP contribution is -2.26. The minimum atomic E-state index is -1.14. The molecule has 2 aromatic heterocycles. The van der Waals surface area contributed by atoms with Crippen LogP contribution in [0, 0.1) is 0 Å². The summed E-state index contributed by atoms with van der Waals surface area (Å²) in [6, 6.07) is 10.2. The Morgan fingerprint density at radius 3 is 2.81 bits per heavy atom. The molecule has 0 amide bonds. The second-order valence-corrected chi connectivity index (χ2v) is 6.18. The first-order chi connectivity index (χ1) is 10.1. The Hall–Kier alpha value is -1.85. The molecule has 110 valence electrons. The Bertz CT molecular complexity index is 719. The second-order valence-electron chi connectivity index (χ2n) is 5.10. The van der Waals surface area contributed by atoms with E-state index in [2.05, 4.69) is 17.2 Å². The van der Waals surface area contributed by atoms with Crippen molar-refractivity contribution < 1.29 is 9.84 Å². The standard InChI is InChI=1S/C16H18N2O2S/c1-4-18-15(12(20-3)10-17-18)16(2,19)14-9-11-7-5-6-8-13(11)21-14/h5-10,19H,4H2,1-3H3. The maximum absolute atomic E-state index is 11.1. The van der Waals surface area contributed by atoms with Crippen LogP contribution in [0.1, 0.15) is 24.4 Å². The van der Waals surface area contributed by atoms with Gasteiger partial charge in [-0.1, -0.05) is 18.2 Å². The molecule has 4 nitrogen and oxygen atoms in total. The van der Waals surface area contributed by atoms with Crippen LogP contribution >= 0.6 is 11.3 Å². The number of aryl methyl sites for hydroxylation is 1. The van der Waals surface area contributed by atoms with Gasteiger partial charge in [0, 0.05) is 16.1 Å². The predicted octanol–water partition coefficient (Wildman–Crippen LogP) is 3.38. The van der Waals surface area contributed by atoms with E-state index in [1.165, 1.54) is 0 Å².